The number of carbonyl (C=O) groups is 1. The van der Waals surface area contributed by atoms with Gasteiger partial charge < -0.3 is 10.5 Å². The number of hydrogen-bond acceptors (Lipinski definition) is 3. The molecule has 0 saturated carbocycles. The van der Waals surface area contributed by atoms with Crippen LogP contribution in [0.1, 0.15) is 19.8 Å². The van der Waals surface area contributed by atoms with Gasteiger partial charge in [-0.1, -0.05) is 0 Å². The van der Waals surface area contributed by atoms with E-state index >= 15 is 0 Å². The average molecular weight is 157 g/mol. The van der Waals surface area contributed by atoms with E-state index in [-0.39, 0.29) is 17.7 Å². The first kappa shape index (κ1) is 8.68. The lowest BCUT2D eigenvalue weighted by Gasteiger charge is -2.21. The van der Waals surface area contributed by atoms with Crippen LogP contribution in [0.4, 0.5) is 0 Å². The number of carbonyl (C=O) groups excluding carboxylic acids is 1. The largest absolute Gasteiger partial charge is 0.381 e. The van der Waals surface area contributed by atoms with Gasteiger partial charge >= 0.3 is 0 Å². The summed E-state index contributed by atoms with van der Waals surface area (Å²) in [5, 5.41) is 0. The maximum Gasteiger partial charge on any atom is 0.154 e. The second-order valence-corrected chi connectivity index (χ2v) is 3.11. The van der Waals surface area contributed by atoms with Crippen molar-refractivity contribution in [2.45, 2.75) is 25.8 Å². The molecular formula is C8H15NO2. The van der Waals surface area contributed by atoms with Gasteiger partial charge in [-0.2, -0.15) is 0 Å². The lowest BCUT2D eigenvalue weighted by atomic mass is 9.94. The predicted octanol–water partition coefficient (Wildman–Crippen LogP) is 0.329. The third-order valence-electron chi connectivity index (χ3n) is 2.01. The third kappa shape index (κ3) is 2.27. The highest BCUT2D eigenvalue weighted by atomic mass is 16.5. The first-order valence-electron chi connectivity index (χ1n) is 4.09. The highest BCUT2D eigenvalue weighted by Gasteiger charge is 2.23. The standard InChI is InChI=1S/C8H15NO2/c1-6(9)8(10)7-3-2-4-11-5-7/h6-7H,2-5,9H2,1H3. The minimum Gasteiger partial charge on any atom is -0.381 e. The smallest absolute Gasteiger partial charge is 0.154 e. The van der Waals surface area contributed by atoms with Gasteiger partial charge in [0.25, 0.3) is 0 Å². The van der Waals surface area contributed by atoms with Gasteiger partial charge in [0, 0.05) is 12.5 Å². The summed E-state index contributed by atoms with van der Waals surface area (Å²) >= 11 is 0. The van der Waals surface area contributed by atoms with Gasteiger partial charge in [-0.05, 0) is 19.8 Å². The van der Waals surface area contributed by atoms with E-state index in [4.69, 9.17) is 10.5 Å². The molecule has 1 aliphatic heterocycles. The van der Waals surface area contributed by atoms with Gasteiger partial charge in [-0.25, -0.2) is 0 Å². The Hall–Kier alpha value is -0.410. The molecule has 2 unspecified atom stereocenters. The molecule has 0 aromatic heterocycles. The van der Waals surface area contributed by atoms with E-state index < -0.39 is 0 Å². The van der Waals surface area contributed by atoms with Crippen molar-refractivity contribution in [3.05, 3.63) is 0 Å². The molecular weight excluding hydrogens is 142 g/mol. The van der Waals surface area contributed by atoms with Gasteiger partial charge in [0.1, 0.15) is 0 Å². The fraction of sp³-hybridized carbons (Fsp3) is 0.875. The molecule has 1 saturated heterocycles. The van der Waals surface area contributed by atoms with Gasteiger partial charge in [0.2, 0.25) is 0 Å². The molecule has 3 heteroatoms. The van der Waals surface area contributed by atoms with Crippen LogP contribution in [0.15, 0.2) is 0 Å². The van der Waals surface area contributed by atoms with Gasteiger partial charge in [0.05, 0.1) is 12.6 Å². The summed E-state index contributed by atoms with van der Waals surface area (Å²) in [4.78, 5) is 11.3. The summed E-state index contributed by atoms with van der Waals surface area (Å²) < 4.78 is 5.18. The molecule has 1 rings (SSSR count). The van der Waals surface area contributed by atoms with Crippen molar-refractivity contribution in [3.8, 4) is 0 Å². The molecule has 0 aromatic carbocycles. The molecule has 0 spiro atoms. The molecule has 1 aliphatic rings. The van der Waals surface area contributed by atoms with Crippen LogP contribution >= 0.6 is 0 Å². The number of nitrogens with two attached hydrogens (primary N) is 1. The number of hydrogen-bond donors (Lipinski definition) is 1. The molecule has 0 bridgehead atoms. The zero-order valence-corrected chi connectivity index (χ0v) is 6.88. The van der Waals surface area contributed by atoms with Crippen LogP contribution < -0.4 is 5.73 Å². The Kier molecular flexibility index (Phi) is 3.02. The lowest BCUT2D eigenvalue weighted by molar-refractivity contribution is -0.127. The van der Waals surface area contributed by atoms with E-state index in [1.807, 2.05) is 0 Å². The van der Waals surface area contributed by atoms with E-state index in [0.29, 0.717) is 6.61 Å². The van der Waals surface area contributed by atoms with E-state index in [1.54, 1.807) is 6.92 Å². The van der Waals surface area contributed by atoms with Crippen molar-refractivity contribution in [1.82, 2.24) is 0 Å². The summed E-state index contributed by atoms with van der Waals surface area (Å²) in [6.07, 6.45) is 1.93. The third-order valence-corrected chi connectivity index (χ3v) is 2.01. The van der Waals surface area contributed by atoms with Crippen LogP contribution in [-0.2, 0) is 9.53 Å². The zero-order chi connectivity index (χ0) is 8.27. The minimum atomic E-state index is -0.332. The van der Waals surface area contributed by atoms with Crippen LogP contribution in [0.25, 0.3) is 0 Å². The van der Waals surface area contributed by atoms with E-state index in [2.05, 4.69) is 0 Å². The van der Waals surface area contributed by atoms with E-state index in [9.17, 15) is 4.79 Å². The number of ether oxygens (including phenoxy) is 1. The van der Waals surface area contributed by atoms with E-state index in [1.165, 1.54) is 0 Å². The normalized spacial score (nSPS) is 28.0. The van der Waals surface area contributed by atoms with Gasteiger partial charge in [0.15, 0.2) is 5.78 Å². The second-order valence-electron chi connectivity index (χ2n) is 3.11. The van der Waals surface area contributed by atoms with Crippen molar-refractivity contribution in [3.63, 3.8) is 0 Å². The summed E-state index contributed by atoms with van der Waals surface area (Å²) in [5.41, 5.74) is 5.46. The minimum absolute atomic E-state index is 0.0590. The Bertz CT molecular complexity index is 139. The Morgan fingerprint density at radius 3 is 2.91 bits per heavy atom. The monoisotopic (exact) mass is 157 g/mol. The summed E-state index contributed by atoms with van der Waals surface area (Å²) in [5.74, 6) is 0.202. The van der Waals surface area contributed by atoms with Gasteiger partial charge in [-0.3, -0.25) is 4.79 Å². The SMILES string of the molecule is CC(N)C(=O)C1CCCOC1. The molecule has 64 valence electrons. The number of Topliss-reactive ketones (excluding diaryl/α,β-unsaturated/α-hetero) is 1. The van der Waals surface area contributed by atoms with Crippen molar-refractivity contribution in [1.29, 1.82) is 0 Å². The van der Waals surface area contributed by atoms with E-state index in [0.717, 1.165) is 19.4 Å². The molecule has 0 aromatic rings. The zero-order valence-electron chi connectivity index (χ0n) is 6.88. The van der Waals surface area contributed by atoms with Crippen LogP contribution in [-0.4, -0.2) is 25.0 Å². The average Bonchev–Trinajstić information content (AvgIpc) is 2.05. The van der Waals surface area contributed by atoms with Crippen LogP contribution in [0.3, 0.4) is 0 Å². The lowest BCUT2D eigenvalue weighted by Crippen LogP contribution is -2.36. The Balaban J connectivity index is 2.39. The van der Waals surface area contributed by atoms with Crippen molar-refractivity contribution < 1.29 is 9.53 Å². The number of rotatable bonds is 2. The van der Waals surface area contributed by atoms with Crippen LogP contribution in [0.5, 0.6) is 0 Å². The van der Waals surface area contributed by atoms with Gasteiger partial charge in [-0.15, -0.1) is 0 Å². The maximum absolute atomic E-state index is 11.3. The molecule has 11 heavy (non-hydrogen) atoms. The Morgan fingerprint density at radius 2 is 2.45 bits per heavy atom. The molecule has 0 amide bonds. The molecule has 0 aliphatic carbocycles. The van der Waals surface area contributed by atoms with Crippen molar-refractivity contribution in [2.24, 2.45) is 11.7 Å². The number of ketones is 1. The molecule has 2 N–H and O–H groups in total. The first-order chi connectivity index (χ1) is 5.22. The van der Waals surface area contributed by atoms with Crippen LogP contribution in [0.2, 0.25) is 0 Å². The summed E-state index contributed by atoms with van der Waals surface area (Å²) in [6, 6.07) is -0.332. The molecule has 1 fully saturated rings. The van der Waals surface area contributed by atoms with Crippen molar-refractivity contribution >= 4 is 5.78 Å². The second kappa shape index (κ2) is 3.83. The fourth-order valence-corrected chi connectivity index (χ4v) is 1.34. The molecule has 0 radical (unpaired) electrons. The van der Waals surface area contributed by atoms with Crippen molar-refractivity contribution in [2.75, 3.05) is 13.2 Å². The summed E-state index contributed by atoms with van der Waals surface area (Å²) in [6.45, 7) is 3.10. The maximum atomic E-state index is 11.3. The Morgan fingerprint density at radius 1 is 1.73 bits per heavy atom. The molecule has 2 atom stereocenters. The predicted molar refractivity (Wildman–Crippen MR) is 42.2 cm³/mol. The fourth-order valence-electron chi connectivity index (χ4n) is 1.34. The Labute approximate surface area is 66.9 Å². The quantitative estimate of drug-likeness (QED) is 0.628. The molecule has 3 nitrogen and oxygen atoms in total. The summed E-state index contributed by atoms with van der Waals surface area (Å²) in [7, 11) is 0. The molecule has 1 heterocycles. The topological polar surface area (TPSA) is 52.3 Å². The van der Waals surface area contributed by atoms with Crippen LogP contribution in [0, 0.1) is 5.92 Å². The highest BCUT2D eigenvalue weighted by Crippen LogP contribution is 2.15. The first-order valence-corrected chi connectivity index (χ1v) is 4.09. The highest BCUT2D eigenvalue weighted by molar-refractivity contribution is 5.85.